The van der Waals surface area contributed by atoms with Crippen molar-refractivity contribution in [1.82, 2.24) is 20.2 Å². The third kappa shape index (κ3) is 5.58. The number of imidazole rings is 1. The Kier molecular flexibility index (Phi) is 7.35. The van der Waals surface area contributed by atoms with Gasteiger partial charge in [0.2, 0.25) is 0 Å². The van der Waals surface area contributed by atoms with Gasteiger partial charge in [-0.25, -0.2) is 4.98 Å². The molecule has 1 aromatic heterocycles. The number of aromatic amines is 1. The van der Waals surface area contributed by atoms with Crippen LogP contribution in [0.2, 0.25) is 10.0 Å². The number of carbonyl (C=O) groups is 2. The summed E-state index contributed by atoms with van der Waals surface area (Å²) < 4.78 is 0. The van der Waals surface area contributed by atoms with Gasteiger partial charge >= 0.3 is 0 Å². The Labute approximate surface area is 225 Å². The molecule has 0 bridgehead atoms. The smallest absolute Gasteiger partial charge is 0.255 e. The predicted molar refractivity (Wildman–Crippen MR) is 147 cm³/mol. The number of carbonyl (C=O) groups excluding carboxylic acids is 2. The van der Waals surface area contributed by atoms with E-state index >= 15 is 0 Å². The molecule has 0 spiro atoms. The van der Waals surface area contributed by atoms with E-state index in [1.807, 2.05) is 48.2 Å². The molecule has 37 heavy (non-hydrogen) atoms. The summed E-state index contributed by atoms with van der Waals surface area (Å²) in [4.78, 5) is 35.8. The molecule has 3 aromatic carbocycles. The fraction of sp³-hybridized carbons (Fsp3) is 0.250. The van der Waals surface area contributed by atoms with Crippen LogP contribution in [0, 0.1) is 0 Å². The van der Waals surface area contributed by atoms with E-state index in [-0.39, 0.29) is 28.9 Å². The molecular formula is C28H27Cl2N5O2. The Balaban J connectivity index is 1.24. The highest BCUT2D eigenvalue weighted by molar-refractivity contribution is 6.34. The van der Waals surface area contributed by atoms with E-state index in [0.29, 0.717) is 35.1 Å². The Morgan fingerprint density at radius 1 is 1.11 bits per heavy atom. The van der Waals surface area contributed by atoms with E-state index in [0.717, 1.165) is 29.6 Å². The van der Waals surface area contributed by atoms with Crippen LogP contribution in [0.3, 0.4) is 0 Å². The van der Waals surface area contributed by atoms with E-state index in [9.17, 15) is 9.59 Å². The van der Waals surface area contributed by atoms with Gasteiger partial charge in [0, 0.05) is 35.4 Å². The van der Waals surface area contributed by atoms with Crippen LogP contribution in [0.1, 0.15) is 52.3 Å². The van der Waals surface area contributed by atoms with E-state index in [4.69, 9.17) is 23.2 Å². The molecular weight excluding hydrogens is 509 g/mol. The number of amides is 2. The number of nitrogens with zero attached hydrogens (tertiary/aromatic N) is 2. The van der Waals surface area contributed by atoms with E-state index < -0.39 is 0 Å². The Hall–Kier alpha value is -3.55. The summed E-state index contributed by atoms with van der Waals surface area (Å²) in [6.07, 6.45) is 1.87. The lowest BCUT2D eigenvalue weighted by molar-refractivity contribution is 0.0743. The summed E-state index contributed by atoms with van der Waals surface area (Å²) >= 11 is 12.6. The summed E-state index contributed by atoms with van der Waals surface area (Å²) in [5.74, 6) is 0.189. The van der Waals surface area contributed by atoms with Crippen LogP contribution >= 0.6 is 23.2 Å². The molecule has 2 amide bonds. The van der Waals surface area contributed by atoms with Crippen molar-refractivity contribution in [2.24, 2.45) is 0 Å². The normalized spacial score (nSPS) is 16.1. The van der Waals surface area contributed by atoms with Crippen molar-refractivity contribution in [1.29, 1.82) is 0 Å². The van der Waals surface area contributed by atoms with Crippen molar-refractivity contribution in [2.75, 3.05) is 18.4 Å². The Morgan fingerprint density at radius 3 is 2.70 bits per heavy atom. The Bertz CT molecular complexity index is 1440. The number of H-pyrrole nitrogens is 1. The number of anilines is 1. The highest BCUT2D eigenvalue weighted by Gasteiger charge is 2.30. The lowest BCUT2D eigenvalue weighted by Crippen LogP contribution is -2.39. The number of hydrogen-bond acceptors (Lipinski definition) is 4. The quantitative estimate of drug-likeness (QED) is 0.267. The molecule has 0 aliphatic carbocycles. The fourth-order valence-electron chi connectivity index (χ4n) is 4.65. The second kappa shape index (κ2) is 10.8. The monoisotopic (exact) mass is 535 g/mol. The number of halogens is 2. The first-order valence-electron chi connectivity index (χ1n) is 12.2. The third-order valence-corrected chi connectivity index (χ3v) is 7.18. The SMILES string of the molecule is CC(NC(=O)c1ccc(C(=O)N2CCCC2CNc2ccccc2)c(Cl)c1)c1nc2ccc(Cl)cc2[nH]1. The topological polar surface area (TPSA) is 90.1 Å². The van der Waals surface area contributed by atoms with Crippen molar-refractivity contribution in [3.63, 3.8) is 0 Å². The maximum Gasteiger partial charge on any atom is 0.255 e. The van der Waals surface area contributed by atoms with Gasteiger partial charge in [0.1, 0.15) is 5.82 Å². The van der Waals surface area contributed by atoms with Crippen LogP contribution < -0.4 is 10.6 Å². The molecule has 1 aliphatic rings. The molecule has 3 N–H and O–H groups in total. The number of likely N-dealkylation sites (tertiary alicyclic amines) is 1. The standard InChI is InChI=1S/C28H27Cl2N5O2/c1-17(26-33-24-12-10-19(29)15-25(24)34-26)32-27(36)18-9-11-22(23(30)14-18)28(37)35-13-5-8-21(35)16-31-20-6-3-2-4-7-20/h2-4,6-7,9-12,14-15,17,21,31H,5,8,13,16H2,1H3,(H,32,36)(H,33,34). The highest BCUT2D eigenvalue weighted by atomic mass is 35.5. The fourth-order valence-corrected chi connectivity index (χ4v) is 5.08. The number of rotatable bonds is 7. The van der Waals surface area contributed by atoms with Crippen LogP contribution in [0.15, 0.2) is 66.7 Å². The Morgan fingerprint density at radius 2 is 1.92 bits per heavy atom. The van der Waals surface area contributed by atoms with Crippen molar-refractivity contribution in [3.8, 4) is 0 Å². The van der Waals surface area contributed by atoms with Crippen molar-refractivity contribution in [2.45, 2.75) is 31.8 Å². The second-order valence-electron chi connectivity index (χ2n) is 9.21. The van der Waals surface area contributed by atoms with Gasteiger partial charge in [-0.3, -0.25) is 9.59 Å². The van der Waals surface area contributed by atoms with Gasteiger partial charge in [-0.05, 0) is 68.3 Å². The summed E-state index contributed by atoms with van der Waals surface area (Å²) in [6, 6.07) is 19.8. The third-order valence-electron chi connectivity index (χ3n) is 6.64. The first-order chi connectivity index (χ1) is 17.9. The molecule has 1 fully saturated rings. The molecule has 1 saturated heterocycles. The molecule has 0 radical (unpaired) electrons. The van der Waals surface area contributed by atoms with Crippen molar-refractivity contribution in [3.05, 3.63) is 93.7 Å². The van der Waals surface area contributed by atoms with Crippen LogP contribution in [0.25, 0.3) is 11.0 Å². The first-order valence-corrected chi connectivity index (χ1v) is 13.0. The van der Waals surface area contributed by atoms with Gasteiger partial charge in [0.25, 0.3) is 11.8 Å². The van der Waals surface area contributed by atoms with E-state index in [1.165, 1.54) is 0 Å². The van der Waals surface area contributed by atoms with Crippen LogP contribution in [-0.4, -0.2) is 45.8 Å². The number of nitrogens with one attached hydrogen (secondary N) is 3. The van der Waals surface area contributed by atoms with Gasteiger partial charge in [-0.1, -0.05) is 41.4 Å². The van der Waals surface area contributed by atoms with Crippen LogP contribution in [-0.2, 0) is 0 Å². The number of benzene rings is 3. The maximum atomic E-state index is 13.3. The second-order valence-corrected chi connectivity index (χ2v) is 10.1. The van der Waals surface area contributed by atoms with Gasteiger partial charge in [-0.15, -0.1) is 0 Å². The van der Waals surface area contributed by atoms with Crippen molar-refractivity contribution < 1.29 is 9.59 Å². The van der Waals surface area contributed by atoms with Crippen LogP contribution in [0.5, 0.6) is 0 Å². The molecule has 190 valence electrons. The zero-order valence-corrected chi connectivity index (χ0v) is 21.8. The average molecular weight is 536 g/mol. The van der Waals surface area contributed by atoms with Crippen molar-refractivity contribution >= 4 is 51.7 Å². The zero-order valence-electron chi connectivity index (χ0n) is 20.3. The summed E-state index contributed by atoms with van der Waals surface area (Å²) in [5.41, 5.74) is 3.36. The predicted octanol–water partition coefficient (Wildman–Crippen LogP) is 6.08. The zero-order chi connectivity index (χ0) is 25.9. The van der Waals surface area contributed by atoms with Crippen LogP contribution in [0.4, 0.5) is 5.69 Å². The minimum Gasteiger partial charge on any atom is -0.383 e. The van der Waals surface area contributed by atoms with Gasteiger partial charge in [-0.2, -0.15) is 0 Å². The summed E-state index contributed by atoms with van der Waals surface area (Å²) in [7, 11) is 0. The highest BCUT2D eigenvalue weighted by Crippen LogP contribution is 2.26. The molecule has 5 rings (SSSR count). The molecule has 2 atom stereocenters. The number of fused-ring (bicyclic) bond motifs is 1. The average Bonchev–Trinajstić information content (AvgIpc) is 3.54. The van der Waals surface area contributed by atoms with Gasteiger partial charge in [0.15, 0.2) is 0 Å². The molecule has 4 aromatic rings. The van der Waals surface area contributed by atoms with Gasteiger partial charge in [0.05, 0.1) is 27.7 Å². The minimum atomic E-state index is -0.374. The summed E-state index contributed by atoms with van der Waals surface area (Å²) in [6.45, 7) is 3.19. The van der Waals surface area contributed by atoms with E-state index in [2.05, 4.69) is 20.6 Å². The minimum absolute atomic E-state index is 0.0753. The van der Waals surface area contributed by atoms with Gasteiger partial charge < -0.3 is 20.5 Å². The lowest BCUT2D eigenvalue weighted by atomic mass is 10.1. The first kappa shape index (κ1) is 25.1. The molecule has 0 saturated carbocycles. The molecule has 9 heteroatoms. The van der Waals surface area contributed by atoms with E-state index in [1.54, 1.807) is 30.3 Å². The number of aromatic nitrogens is 2. The maximum absolute atomic E-state index is 13.3. The largest absolute Gasteiger partial charge is 0.383 e. The number of para-hydroxylation sites is 1. The lowest BCUT2D eigenvalue weighted by Gasteiger charge is -2.26. The molecule has 2 unspecified atom stereocenters. The molecule has 7 nitrogen and oxygen atoms in total. The molecule has 1 aliphatic heterocycles. The molecule has 2 heterocycles. The summed E-state index contributed by atoms with van der Waals surface area (Å²) in [5, 5.41) is 7.20. The number of hydrogen-bond donors (Lipinski definition) is 3.